The van der Waals surface area contributed by atoms with Gasteiger partial charge in [-0.3, -0.25) is 19.1 Å². The molecule has 1 amide bonds. The third-order valence-electron chi connectivity index (χ3n) is 5.86. The van der Waals surface area contributed by atoms with Crippen molar-refractivity contribution in [2.45, 2.75) is 64.7 Å². The Labute approximate surface area is 165 Å². The van der Waals surface area contributed by atoms with Gasteiger partial charge in [-0.05, 0) is 31.7 Å². The molecule has 1 aliphatic carbocycles. The van der Waals surface area contributed by atoms with Crippen molar-refractivity contribution in [1.82, 2.24) is 19.8 Å². The van der Waals surface area contributed by atoms with Gasteiger partial charge in [0.05, 0.1) is 5.69 Å². The van der Waals surface area contributed by atoms with E-state index >= 15 is 0 Å². The number of nitrogens with zero attached hydrogens (tertiary/aromatic N) is 3. The van der Waals surface area contributed by atoms with Crippen LogP contribution < -0.4 is 10.9 Å². The Bertz CT molecular complexity index is 901. The first-order chi connectivity index (χ1) is 13.6. The molecule has 2 aromatic rings. The molecule has 1 N–H and O–H groups in total. The van der Waals surface area contributed by atoms with Crippen LogP contribution in [-0.4, -0.2) is 32.9 Å². The number of carbonyl (C=O) groups excluding carboxylic acids is 1. The number of fused-ring (bicyclic) bond motifs is 1. The standard InChI is InChI=1S/C22H28N4O2/c1-16-23-20-14-25(13-17-7-3-2-4-8-17)12-11-19(20)22(28)26(16)15-21(27)24-18-9-5-6-10-18/h2-4,7-8,18H,5-6,9-15H2,1H3,(H,24,27). The highest BCUT2D eigenvalue weighted by atomic mass is 16.2. The molecule has 2 heterocycles. The Morgan fingerprint density at radius 3 is 2.71 bits per heavy atom. The Kier molecular flexibility index (Phi) is 5.57. The van der Waals surface area contributed by atoms with Gasteiger partial charge in [-0.1, -0.05) is 43.2 Å². The molecule has 0 bridgehead atoms. The van der Waals surface area contributed by atoms with E-state index in [1.54, 1.807) is 0 Å². The Morgan fingerprint density at radius 1 is 1.21 bits per heavy atom. The number of nitrogens with one attached hydrogen (secondary N) is 1. The number of carbonyl (C=O) groups is 1. The lowest BCUT2D eigenvalue weighted by atomic mass is 10.1. The Balaban J connectivity index is 1.47. The first-order valence-electron chi connectivity index (χ1n) is 10.2. The second-order valence-electron chi connectivity index (χ2n) is 7.97. The maximum absolute atomic E-state index is 13.0. The fourth-order valence-electron chi connectivity index (χ4n) is 4.35. The molecule has 2 aliphatic rings. The number of aryl methyl sites for hydroxylation is 1. The van der Waals surface area contributed by atoms with Crippen LogP contribution >= 0.6 is 0 Å². The molecule has 1 aliphatic heterocycles. The van der Waals surface area contributed by atoms with Crippen molar-refractivity contribution in [2.24, 2.45) is 0 Å². The minimum atomic E-state index is -0.0830. The second-order valence-corrected chi connectivity index (χ2v) is 7.97. The van der Waals surface area contributed by atoms with Gasteiger partial charge in [0.2, 0.25) is 5.91 Å². The topological polar surface area (TPSA) is 67.2 Å². The highest BCUT2D eigenvalue weighted by Gasteiger charge is 2.24. The summed E-state index contributed by atoms with van der Waals surface area (Å²) in [4.78, 5) is 32.4. The molecule has 6 heteroatoms. The van der Waals surface area contributed by atoms with Gasteiger partial charge in [-0.15, -0.1) is 0 Å². The lowest BCUT2D eigenvalue weighted by molar-refractivity contribution is -0.122. The number of hydrogen-bond acceptors (Lipinski definition) is 4. The molecule has 0 unspecified atom stereocenters. The number of aromatic nitrogens is 2. The molecule has 1 aromatic carbocycles. The highest BCUT2D eigenvalue weighted by Crippen LogP contribution is 2.18. The fourth-order valence-corrected chi connectivity index (χ4v) is 4.35. The first kappa shape index (κ1) is 18.9. The largest absolute Gasteiger partial charge is 0.352 e. The zero-order valence-electron chi connectivity index (χ0n) is 16.5. The molecule has 6 nitrogen and oxygen atoms in total. The number of hydrogen-bond donors (Lipinski definition) is 1. The Hall–Kier alpha value is -2.47. The molecule has 0 saturated heterocycles. The summed E-state index contributed by atoms with van der Waals surface area (Å²) in [7, 11) is 0. The van der Waals surface area contributed by atoms with E-state index in [9.17, 15) is 9.59 Å². The molecule has 1 aromatic heterocycles. The molecule has 0 spiro atoms. The monoisotopic (exact) mass is 380 g/mol. The van der Waals surface area contributed by atoms with Crippen LogP contribution in [0.4, 0.5) is 0 Å². The summed E-state index contributed by atoms with van der Waals surface area (Å²) < 4.78 is 1.54. The van der Waals surface area contributed by atoms with E-state index in [0.717, 1.165) is 37.2 Å². The number of rotatable bonds is 5. The van der Waals surface area contributed by atoms with Crippen LogP contribution in [0.5, 0.6) is 0 Å². The van der Waals surface area contributed by atoms with E-state index in [4.69, 9.17) is 4.98 Å². The minimum absolute atomic E-state index is 0.0524. The predicted octanol–water partition coefficient (Wildman–Crippen LogP) is 2.17. The number of amides is 1. The van der Waals surface area contributed by atoms with E-state index in [1.807, 2.05) is 25.1 Å². The number of benzene rings is 1. The van der Waals surface area contributed by atoms with Crippen molar-refractivity contribution < 1.29 is 4.79 Å². The predicted molar refractivity (Wildman–Crippen MR) is 108 cm³/mol. The molecule has 0 atom stereocenters. The minimum Gasteiger partial charge on any atom is -0.352 e. The smallest absolute Gasteiger partial charge is 0.257 e. The van der Waals surface area contributed by atoms with Crippen LogP contribution in [0.3, 0.4) is 0 Å². The normalized spacial score (nSPS) is 17.5. The van der Waals surface area contributed by atoms with Crippen LogP contribution in [-0.2, 0) is 30.8 Å². The van der Waals surface area contributed by atoms with Gasteiger partial charge >= 0.3 is 0 Å². The summed E-state index contributed by atoms with van der Waals surface area (Å²) in [6, 6.07) is 10.6. The zero-order chi connectivity index (χ0) is 19.5. The van der Waals surface area contributed by atoms with Crippen molar-refractivity contribution >= 4 is 5.91 Å². The Morgan fingerprint density at radius 2 is 1.96 bits per heavy atom. The lowest BCUT2D eigenvalue weighted by Crippen LogP contribution is -2.41. The summed E-state index contributed by atoms with van der Waals surface area (Å²) in [5.41, 5.74) is 2.84. The summed E-state index contributed by atoms with van der Waals surface area (Å²) in [6.07, 6.45) is 5.10. The summed E-state index contributed by atoms with van der Waals surface area (Å²) >= 11 is 0. The molecular weight excluding hydrogens is 352 g/mol. The maximum atomic E-state index is 13.0. The van der Waals surface area contributed by atoms with Crippen LogP contribution in [0, 0.1) is 6.92 Å². The molecule has 4 rings (SSSR count). The maximum Gasteiger partial charge on any atom is 0.257 e. The van der Waals surface area contributed by atoms with Gasteiger partial charge in [0.25, 0.3) is 5.56 Å². The van der Waals surface area contributed by atoms with Crippen molar-refractivity contribution in [3.8, 4) is 0 Å². The van der Waals surface area contributed by atoms with Gasteiger partial charge < -0.3 is 5.32 Å². The molecule has 148 valence electrons. The van der Waals surface area contributed by atoms with Crippen molar-refractivity contribution in [2.75, 3.05) is 6.54 Å². The van der Waals surface area contributed by atoms with Crippen molar-refractivity contribution in [3.63, 3.8) is 0 Å². The highest BCUT2D eigenvalue weighted by molar-refractivity contribution is 5.76. The van der Waals surface area contributed by atoms with Crippen LogP contribution in [0.2, 0.25) is 0 Å². The van der Waals surface area contributed by atoms with E-state index < -0.39 is 0 Å². The van der Waals surface area contributed by atoms with E-state index in [0.29, 0.717) is 18.8 Å². The van der Waals surface area contributed by atoms with Crippen LogP contribution in [0.15, 0.2) is 35.1 Å². The van der Waals surface area contributed by atoms with E-state index in [2.05, 4.69) is 22.3 Å². The lowest BCUT2D eigenvalue weighted by Gasteiger charge is -2.28. The molecule has 0 radical (unpaired) electrons. The van der Waals surface area contributed by atoms with Gasteiger partial charge in [-0.25, -0.2) is 4.98 Å². The molecule has 1 fully saturated rings. The summed E-state index contributed by atoms with van der Waals surface area (Å²) in [6.45, 7) is 4.25. The van der Waals surface area contributed by atoms with Crippen molar-refractivity contribution in [1.29, 1.82) is 0 Å². The van der Waals surface area contributed by atoms with Gasteiger partial charge in [0.1, 0.15) is 12.4 Å². The van der Waals surface area contributed by atoms with Gasteiger partial charge in [0, 0.05) is 31.2 Å². The van der Waals surface area contributed by atoms with Gasteiger partial charge in [0.15, 0.2) is 0 Å². The molecule has 1 saturated carbocycles. The van der Waals surface area contributed by atoms with Crippen LogP contribution in [0.1, 0.15) is 48.3 Å². The van der Waals surface area contributed by atoms with Crippen molar-refractivity contribution in [3.05, 3.63) is 63.3 Å². The third kappa shape index (κ3) is 4.17. The fraction of sp³-hybridized carbons (Fsp3) is 0.500. The van der Waals surface area contributed by atoms with Gasteiger partial charge in [-0.2, -0.15) is 0 Å². The molecule has 28 heavy (non-hydrogen) atoms. The second kappa shape index (κ2) is 8.27. The SMILES string of the molecule is Cc1nc2c(c(=O)n1CC(=O)NC1CCCC1)CCN(Cc1ccccc1)C2. The third-order valence-corrected chi connectivity index (χ3v) is 5.86. The van der Waals surface area contributed by atoms with E-state index in [1.165, 1.54) is 23.0 Å². The summed E-state index contributed by atoms with van der Waals surface area (Å²) in [5.74, 6) is 0.534. The quantitative estimate of drug-likeness (QED) is 0.863. The average molecular weight is 380 g/mol. The average Bonchev–Trinajstić information content (AvgIpc) is 3.19. The molecular formula is C22H28N4O2. The van der Waals surface area contributed by atoms with E-state index in [-0.39, 0.29) is 24.1 Å². The zero-order valence-corrected chi connectivity index (χ0v) is 16.5. The summed E-state index contributed by atoms with van der Waals surface area (Å²) in [5, 5.41) is 3.06. The first-order valence-corrected chi connectivity index (χ1v) is 10.2. The van der Waals surface area contributed by atoms with Crippen LogP contribution in [0.25, 0.3) is 0 Å².